The molecule has 1 saturated carbocycles. The predicted octanol–water partition coefficient (Wildman–Crippen LogP) is 4.15. The van der Waals surface area contributed by atoms with Crippen LogP contribution >= 0.6 is 0 Å². The molecule has 1 atom stereocenters. The lowest BCUT2D eigenvalue weighted by Gasteiger charge is -2.38. The van der Waals surface area contributed by atoms with Crippen LogP contribution in [-0.4, -0.2) is 12.6 Å². The summed E-state index contributed by atoms with van der Waals surface area (Å²) >= 11 is 0. The second-order valence-corrected chi connectivity index (χ2v) is 5.83. The van der Waals surface area contributed by atoms with E-state index in [9.17, 15) is 0 Å². The first kappa shape index (κ1) is 13.8. The maximum absolute atomic E-state index is 4.05. The zero-order chi connectivity index (χ0) is 12.0. The summed E-state index contributed by atoms with van der Waals surface area (Å²) in [5.74, 6) is 0.795. The molecular weight excluding hydrogens is 194 g/mol. The Morgan fingerprint density at radius 3 is 2.38 bits per heavy atom. The number of nitrogens with one attached hydrogen (secondary N) is 1. The summed E-state index contributed by atoms with van der Waals surface area (Å²) in [6.07, 6.45) is 10.3. The molecule has 0 heterocycles. The fourth-order valence-corrected chi connectivity index (χ4v) is 3.38. The van der Waals surface area contributed by atoms with E-state index >= 15 is 0 Å². The van der Waals surface area contributed by atoms with Gasteiger partial charge in [0.05, 0.1) is 0 Å². The summed E-state index contributed by atoms with van der Waals surface area (Å²) in [7, 11) is 0. The number of hydrogen-bond donors (Lipinski definition) is 1. The van der Waals surface area contributed by atoms with Crippen LogP contribution in [0.15, 0.2) is 12.7 Å². The smallest absolute Gasteiger partial charge is 0.0304 e. The normalized spacial score (nSPS) is 21.2. The Morgan fingerprint density at radius 1 is 1.31 bits per heavy atom. The molecule has 94 valence electrons. The molecule has 0 amide bonds. The molecule has 1 aliphatic carbocycles. The van der Waals surface area contributed by atoms with Gasteiger partial charge < -0.3 is 5.32 Å². The molecule has 16 heavy (non-hydrogen) atoms. The average Bonchev–Trinajstić information content (AvgIpc) is 2.67. The van der Waals surface area contributed by atoms with Gasteiger partial charge in [-0.25, -0.2) is 0 Å². The van der Waals surface area contributed by atoms with Crippen molar-refractivity contribution in [2.75, 3.05) is 6.54 Å². The Hall–Kier alpha value is -0.300. The second-order valence-electron chi connectivity index (χ2n) is 5.83. The first-order valence-corrected chi connectivity index (χ1v) is 7.00. The van der Waals surface area contributed by atoms with Gasteiger partial charge in [-0.05, 0) is 43.6 Å². The van der Waals surface area contributed by atoms with Gasteiger partial charge in [-0.2, -0.15) is 0 Å². The van der Waals surface area contributed by atoms with Crippen LogP contribution in [0.25, 0.3) is 0 Å². The van der Waals surface area contributed by atoms with Crippen LogP contribution in [0, 0.1) is 11.3 Å². The minimum atomic E-state index is 0.505. The quantitative estimate of drug-likeness (QED) is 0.639. The highest BCUT2D eigenvalue weighted by molar-refractivity contribution is 5.03. The minimum absolute atomic E-state index is 0.505. The second kappa shape index (κ2) is 6.44. The van der Waals surface area contributed by atoms with Crippen molar-refractivity contribution in [2.24, 2.45) is 11.3 Å². The third-order valence-corrected chi connectivity index (χ3v) is 3.92. The molecule has 1 rings (SSSR count). The van der Waals surface area contributed by atoms with Crippen LogP contribution in [0.3, 0.4) is 0 Å². The van der Waals surface area contributed by atoms with E-state index in [1.807, 2.05) is 0 Å². The zero-order valence-corrected chi connectivity index (χ0v) is 11.4. The molecule has 0 aliphatic heterocycles. The highest BCUT2D eigenvalue weighted by Gasteiger charge is 2.39. The van der Waals surface area contributed by atoms with Gasteiger partial charge in [-0.1, -0.05) is 39.7 Å². The van der Waals surface area contributed by atoms with E-state index in [2.05, 4.69) is 38.7 Å². The van der Waals surface area contributed by atoms with Crippen molar-refractivity contribution in [1.82, 2.24) is 5.32 Å². The Labute approximate surface area is 102 Å². The first-order chi connectivity index (χ1) is 7.64. The SMILES string of the molecule is C=CC(NCCC)C1(CC(C)C)CCCC1. The molecule has 0 radical (unpaired) electrons. The van der Waals surface area contributed by atoms with Crippen molar-refractivity contribution in [1.29, 1.82) is 0 Å². The fourth-order valence-electron chi connectivity index (χ4n) is 3.38. The van der Waals surface area contributed by atoms with Crippen molar-refractivity contribution in [3.63, 3.8) is 0 Å². The summed E-state index contributed by atoms with van der Waals surface area (Å²) in [6.45, 7) is 12.1. The Morgan fingerprint density at radius 2 is 1.94 bits per heavy atom. The maximum atomic E-state index is 4.05. The molecule has 0 saturated heterocycles. The Bertz CT molecular complexity index is 201. The Kier molecular flexibility index (Phi) is 5.54. The lowest BCUT2D eigenvalue weighted by molar-refractivity contribution is 0.183. The lowest BCUT2D eigenvalue weighted by Crippen LogP contribution is -2.43. The third kappa shape index (κ3) is 3.35. The third-order valence-electron chi connectivity index (χ3n) is 3.92. The molecule has 0 spiro atoms. The molecule has 0 aromatic rings. The van der Waals surface area contributed by atoms with Crippen molar-refractivity contribution in [3.8, 4) is 0 Å². The van der Waals surface area contributed by atoms with Crippen molar-refractivity contribution in [3.05, 3.63) is 12.7 Å². The van der Waals surface area contributed by atoms with E-state index < -0.39 is 0 Å². The summed E-state index contributed by atoms with van der Waals surface area (Å²) in [6, 6.07) is 0.525. The van der Waals surface area contributed by atoms with Gasteiger partial charge in [-0.3, -0.25) is 0 Å². The van der Waals surface area contributed by atoms with Gasteiger partial charge in [-0.15, -0.1) is 6.58 Å². The average molecular weight is 223 g/mol. The largest absolute Gasteiger partial charge is 0.310 e. The van der Waals surface area contributed by atoms with Gasteiger partial charge >= 0.3 is 0 Å². The van der Waals surface area contributed by atoms with Crippen molar-refractivity contribution in [2.45, 2.75) is 65.3 Å². The molecule has 1 fully saturated rings. The van der Waals surface area contributed by atoms with Crippen LogP contribution in [-0.2, 0) is 0 Å². The zero-order valence-electron chi connectivity index (χ0n) is 11.4. The van der Waals surface area contributed by atoms with Crippen molar-refractivity contribution >= 4 is 0 Å². The van der Waals surface area contributed by atoms with Crippen LogP contribution in [0.1, 0.15) is 59.3 Å². The van der Waals surface area contributed by atoms with Crippen LogP contribution in [0.4, 0.5) is 0 Å². The monoisotopic (exact) mass is 223 g/mol. The highest BCUT2D eigenvalue weighted by atomic mass is 14.9. The maximum Gasteiger partial charge on any atom is 0.0304 e. The van der Waals surface area contributed by atoms with Gasteiger partial charge in [0.2, 0.25) is 0 Å². The Balaban J connectivity index is 2.68. The van der Waals surface area contributed by atoms with E-state index in [1.54, 1.807) is 0 Å². The molecule has 0 aromatic heterocycles. The standard InChI is InChI=1S/C15H29N/c1-5-11-16-14(6-2)15(12-13(3)4)9-7-8-10-15/h6,13-14,16H,2,5,7-12H2,1,3-4H3. The topological polar surface area (TPSA) is 12.0 Å². The lowest BCUT2D eigenvalue weighted by atomic mass is 9.72. The summed E-state index contributed by atoms with van der Waals surface area (Å²) in [5.41, 5.74) is 0.505. The molecule has 0 bridgehead atoms. The molecule has 1 N–H and O–H groups in total. The van der Waals surface area contributed by atoms with Crippen molar-refractivity contribution < 1.29 is 0 Å². The molecule has 0 aromatic carbocycles. The van der Waals surface area contributed by atoms with E-state index in [1.165, 1.54) is 38.5 Å². The van der Waals surface area contributed by atoms with E-state index in [0.29, 0.717) is 11.5 Å². The predicted molar refractivity (Wildman–Crippen MR) is 72.6 cm³/mol. The van der Waals surface area contributed by atoms with Crippen LogP contribution < -0.4 is 5.32 Å². The van der Waals surface area contributed by atoms with Gasteiger partial charge in [0.1, 0.15) is 0 Å². The minimum Gasteiger partial charge on any atom is -0.310 e. The fraction of sp³-hybridized carbons (Fsp3) is 0.867. The van der Waals surface area contributed by atoms with E-state index in [4.69, 9.17) is 0 Å². The molecular formula is C15H29N. The summed E-state index contributed by atoms with van der Waals surface area (Å²) < 4.78 is 0. The van der Waals surface area contributed by atoms with Crippen LogP contribution in [0.5, 0.6) is 0 Å². The van der Waals surface area contributed by atoms with Gasteiger partial charge in [0.25, 0.3) is 0 Å². The van der Waals surface area contributed by atoms with E-state index in [-0.39, 0.29) is 0 Å². The molecule has 1 nitrogen and oxygen atoms in total. The van der Waals surface area contributed by atoms with Crippen LogP contribution in [0.2, 0.25) is 0 Å². The van der Waals surface area contributed by atoms with Gasteiger partial charge in [0, 0.05) is 6.04 Å². The number of rotatable bonds is 7. The summed E-state index contributed by atoms with van der Waals surface area (Å²) in [5, 5.41) is 3.69. The van der Waals surface area contributed by atoms with Gasteiger partial charge in [0.15, 0.2) is 0 Å². The van der Waals surface area contributed by atoms with E-state index in [0.717, 1.165) is 12.5 Å². The first-order valence-electron chi connectivity index (χ1n) is 7.00. The number of hydrogen-bond acceptors (Lipinski definition) is 1. The molecule has 1 heteroatoms. The summed E-state index contributed by atoms with van der Waals surface area (Å²) in [4.78, 5) is 0. The molecule has 1 aliphatic rings. The molecule has 1 unspecified atom stereocenters. The highest BCUT2D eigenvalue weighted by Crippen LogP contribution is 2.46.